The lowest BCUT2D eigenvalue weighted by Gasteiger charge is -1.94. The zero-order valence-corrected chi connectivity index (χ0v) is 10.4. The molecule has 0 radical (unpaired) electrons. The van der Waals surface area contributed by atoms with E-state index in [2.05, 4.69) is 4.57 Å². The molecule has 1 heterocycles. The van der Waals surface area contributed by atoms with Crippen LogP contribution < -0.4 is 10.3 Å². The van der Waals surface area contributed by atoms with Crippen LogP contribution in [-0.4, -0.2) is 5.91 Å². The number of amides is 1. The minimum atomic E-state index is -0.278. The zero-order valence-electron chi connectivity index (χ0n) is 8.87. The number of rotatable bonds is 3. The molecule has 5 heteroatoms. The van der Waals surface area contributed by atoms with Crippen molar-refractivity contribution in [1.29, 1.82) is 0 Å². The smallest absolute Gasteiger partial charge is 0.235 e. The van der Waals surface area contributed by atoms with Gasteiger partial charge in [0.15, 0.2) is 6.54 Å². The van der Waals surface area contributed by atoms with Gasteiger partial charge < -0.3 is 5.73 Å². The first-order valence-corrected chi connectivity index (χ1v) is 6.14. The summed E-state index contributed by atoms with van der Waals surface area (Å²) in [5.74, 6) is -0.278. The van der Waals surface area contributed by atoms with Crippen LogP contribution in [0.4, 0.5) is 0 Å². The van der Waals surface area contributed by atoms with Gasteiger partial charge in [-0.2, -0.15) is 4.57 Å². The van der Waals surface area contributed by atoms with Crippen molar-refractivity contribution >= 4 is 39.1 Å². The number of thiazole rings is 1. The molecule has 2 N–H and O–H groups in total. The Hall–Kier alpha value is -1.13. The molecule has 0 bridgehead atoms. The summed E-state index contributed by atoms with van der Waals surface area (Å²) in [4.78, 5) is 10.8. The van der Waals surface area contributed by atoms with Crippen LogP contribution in [0.1, 0.15) is 11.4 Å². The third-order valence-electron chi connectivity index (χ3n) is 2.43. The second-order valence-corrected chi connectivity index (χ2v) is 5.27. The normalized spacial score (nSPS) is 10.9. The van der Waals surface area contributed by atoms with Crippen LogP contribution in [0.5, 0.6) is 0 Å². The number of hydrogen-bond donors (Lipinski definition) is 1. The van der Waals surface area contributed by atoms with E-state index in [-0.39, 0.29) is 5.91 Å². The van der Waals surface area contributed by atoms with Crippen molar-refractivity contribution in [2.75, 3.05) is 0 Å². The average molecular weight is 256 g/mol. The fourth-order valence-electron chi connectivity index (χ4n) is 1.68. The summed E-state index contributed by atoms with van der Waals surface area (Å²) in [7, 11) is 0. The second kappa shape index (κ2) is 4.39. The maximum absolute atomic E-state index is 10.8. The molecular weight excluding hydrogens is 244 g/mol. The topological polar surface area (TPSA) is 47.0 Å². The maximum atomic E-state index is 10.8. The van der Waals surface area contributed by atoms with E-state index in [1.165, 1.54) is 0 Å². The van der Waals surface area contributed by atoms with Gasteiger partial charge >= 0.3 is 0 Å². The third kappa shape index (κ3) is 2.18. The number of halogens is 1. The molecule has 0 spiro atoms. The number of aromatic nitrogens is 1. The van der Waals surface area contributed by atoms with Crippen molar-refractivity contribution in [3.63, 3.8) is 0 Å². The van der Waals surface area contributed by atoms with Crippen LogP contribution >= 0.6 is 22.9 Å². The van der Waals surface area contributed by atoms with Gasteiger partial charge in [0.25, 0.3) is 0 Å². The molecule has 0 atom stereocenters. The Labute approximate surface area is 102 Å². The van der Waals surface area contributed by atoms with E-state index in [9.17, 15) is 4.79 Å². The molecule has 0 fully saturated rings. The molecule has 0 aliphatic carbocycles. The van der Waals surface area contributed by atoms with E-state index in [1.807, 2.05) is 25.1 Å². The van der Waals surface area contributed by atoms with Gasteiger partial charge in [-0.3, -0.25) is 4.79 Å². The van der Waals surface area contributed by atoms with Crippen molar-refractivity contribution in [3.8, 4) is 0 Å². The number of carbonyl (C=O) groups is 1. The number of nitrogens with zero attached hydrogens (tertiary/aromatic N) is 1. The highest BCUT2D eigenvalue weighted by molar-refractivity contribution is 7.18. The molecule has 1 amide bonds. The first kappa shape index (κ1) is 11.4. The van der Waals surface area contributed by atoms with Gasteiger partial charge in [0.05, 0.1) is 6.42 Å². The summed E-state index contributed by atoms with van der Waals surface area (Å²) in [5, 5.41) is 1.88. The van der Waals surface area contributed by atoms with E-state index < -0.39 is 0 Å². The van der Waals surface area contributed by atoms with Crippen molar-refractivity contribution in [2.45, 2.75) is 19.9 Å². The van der Waals surface area contributed by atoms with E-state index >= 15 is 0 Å². The maximum Gasteiger partial charge on any atom is 0.235 e. The summed E-state index contributed by atoms with van der Waals surface area (Å²) < 4.78 is 3.23. The minimum absolute atomic E-state index is 0.278. The second-order valence-electron chi connectivity index (χ2n) is 3.60. The zero-order chi connectivity index (χ0) is 11.7. The molecule has 3 nitrogen and oxygen atoms in total. The molecule has 0 unspecified atom stereocenters. The predicted molar refractivity (Wildman–Crippen MR) is 65.6 cm³/mol. The van der Waals surface area contributed by atoms with E-state index in [1.54, 1.807) is 11.3 Å². The number of hydrogen-bond acceptors (Lipinski definition) is 2. The molecule has 0 aliphatic rings. The Kier molecular flexibility index (Phi) is 3.12. The van der Waals surface area contributed by atoms with Crippen LogP contribution in [-0.2, 0) is 11.3 Å². The van der Waals surface area contributed by atoms with Crippen LogP contribution in [0.15, 0.2) is 18.2 Å². The lowest BCUT2D eigenvalue weighted by Crippen LogP contribution is -2.37. The summed E-state index contributed by atoms with van der Waals surface area (Å²) in [6.45, 7) is 2.66. The Morgan fingerprint density at radius 1 is 1.56 bits per heavy atom. The number of nitrogens with two attached hydrogens (primary N) is 1. The fourth-order valence-corrected chi connectivity index (χ4v) is 3.00. The Morgan fingerprint density at radius 2 is 2.31 bits per heavy atom. The number of fused-ring (bicyclic) bond motifs is 1. The van der Waals surface area contributed by atoms with Crippen LogP contribution in [0.2, 0.25) is 5.02 Å². The van der Waals surface area contributed by atoms with E-state index in [0.29, 0.717) is 13.0 Å². The summed E-state index contributed by atoms with van der Waals surface area (Å²) in [5.41, 5.74) is 6.26. The molecule has 16 heavy (non-hydrogen) atoms. The van der Waals surface area contributed by atoms with Gasteiger partial charge in [0.1, 0.15) is 4.70 Å². The number of aryl methyl sites for hydroxylation is 2. The molecule has 1 aromatic heterocycles. The molecule has 1 aromatic carbocycles. The van der Waals surface area contributed by atoms with Gasteiger partial charge in [-0.15, -0.1) is 0 Å². The third-order valence-corrected chi connectivity index (χ3v) is 3.73. The highest BCUT2D eigenvalue weighted by atomic mass is 35.5. The van der Waals surface area contributed by atoms with Crippen molar-refractivity contribution in [2.24, 2.45) is 5.73 Å². The van der Waals surface area contributed by atoms with Crippen molar-refractivity contribution in [3.05, 3.63) is 28.2 Å². The average Bonchev–Trinajstić information content (AvgIpc) is 2.50. The number of primary amides is 1. The Morgan fingerprint density at radius 3 is 3.00 bits per heavy atom. The lowest BCUT2D eigenvalue weighted by molar-refractivity contribution is -0.671. The molecule has 0 aliphatic heterocycles. The molecule has 0 saturated heterocycles. The predicted octanol–water partition coefficient (Wildman–Crippen LogP) is 2.03. The van der Waals surface area contributed by atoms with Crippen LogP contribution in [0.25, 0.3) is 10.2 Å². The van der Waals surface area contributed by atoms with Crippen LogP contribution in [0, 0.1) is 6.92 Å². The number of carbonyl (C=O) groups excluding carboxylic acids is 1. The van der Waals surface area contributed by atoms with Crippen molar-refractivity contribution < 1.29 is 9.36 Å². The molecule has 0 saturated carbocycles. The molecular formula is C11H12ClN2OS+. The standard InChI is InChI=1S/C11H11ClN2OS/c1-7-14(5-4-11(13)15)9-3-2-8(12)6-10(9)16-7/h2-3,6H,4-5H2,1H3,(H-,13,15)/p+1. The van der Waals surface area contributed by atoms with Crippen molar-refractivity contribution in [1.82, 2.24) is 0 Å². The number of benzene rings is 1. The van der Waals surface area contributed by atoms with Gasteiger partial charge in [0.2, 0.25) is 16.4 Å². The first-order valence-electron chi connectivity index (χ1n) is 4.95. The fraction of sp³-hybridized carbons (Fsp3) is 0.273. The summed E-state index contributed by atoms with van der Waals surface area (Å²) in [6.07, 6.45) is 0.361. The monoisotopic (exact) mass is 255 g/mol. The lowest BCUT2D eigenvalue weighted by atomic mass is 10.3. The SMILES string of the molecule is Cc1sc2cc(Cl)ccc2[n+]1CCC(N)=O. The van der Waals surface area contributed by atoms with Gasteiger partial charge in [-0.1, -0.05) is 22.9 Å². The van der Waals surface area contributed by atoms with E-state index in [0.717, 1.165) is 20.2 Å². The Bertz CT molecular complexity index is 550. The first-order chi connectivity index (χ1) is 7.58. The largest absolute Gasteiger partial charge is 0.369 e. The molecule has 2 rings (SSSR count). The summed E-state index contributed by atoms with van der Waals surface area (Å²) >= 11 is 7.60. The quantitative estimate of drug-likeness (QED) is 0.839. The van der Waals surface area contributed by atoms with Gasteiger partial charge in [-0.25, -0.2) is 0 Å². The molecule has 84 valence electrons. The highest BCUT2D eigenvalue weighted by Gasteiger charge is 2.17. The minimum Gasteiger partial charge on any atom is -0.369 e. The molecule has 2 aromatic rings. The highest BCUT2D eigenvalue weighted by Crippen LogP contribution is 2.23. The summed E-state index contributed by atoms with van der Waals surface area (Å²) in [6, 6.07) is 5.77. The van der Waals surface area contributed by atoms with Gasteiger partial charge in [-0.05, 0) is 12.1 Å². The Balaban J connectivity index is 2.43. The van der Waals surface area contributed by atoms with Gasteiger partial charge in [0, 0.05) is 18.0 Å². The van der Waals surface area contributed by atoms with E-state index in [4.69, 9.17) is 17.3 Å². The van der Waals surface area contributed by atoms with Crippen LogP contribution in [0.3, 0.4) is 0 Å².